The molecule has 1 spiro atoms. The van der Waals surface area contributed by atoms with Gasteiger partial charge in [-0.05, 0) is 55.0 Å². The third-order valence-corrected chi connectivity index (χ3v) is 9.94. The van der Waals surface area contributed by atoms with Gasteiger partial charge in [0.1, 0.15) is 18.8 Å². The third kappa shape index (κ3) is 11.1. The Morgan fingerprint density at radius 2 is 1.58 bits per heavy atom. The lowest BCUT2D eigenvalue weighted by Gasteiger charge is -2.47. The number of hydrogen-bond donors (Lipinski definition) is 3. The summed E-state index contributed by atoms with van der Waals surface area (Å²) < 4.78 is 40.2. The number of nitrogens with one attached hydrogen (secondary N) is 3. The van der Waals surface area contributed by atoms with Crippen molar-refractivity contribution in [2.75, 3.05) is 27.1 Å². The van der Waals surface area contributed by atoms with E-state index in [0.717, 1.165) is 16.7 Å². The Morgan fingerprint density at radius 3 is 2.31 bits per heavy atom. The first-order valence-electron chi connectivity index (χ1n) is 18.7. The van der Waals surface area contributed by atoms with Crippen molar-refractivity contribution in [2.24, 2.45) is 0 Å². The molecule has 2 fully saturated rings. The van der Waals surface area contributed by atoms with E-state index in [4.69, 9.17) is 33.2 Å². The van der Waals surface area contributed by atoms with Gasteiger partial charge in [-0.3, -0.25) is 4.79 Å². The highest BCUT2D eigenvalue weighted by Crippen LogP contribution is 2.41. The molecule has 55 heavy (non-hydrogen) atoms. The smallest absolute Gasteiger partial charge is 0.407 e. The van der Waals surface area contributed by atoms with E-state index >= 15 is 0 Å². The Kier molecular flexibility index (Phi) is 13.5. The lowest BCUT2D eigenvalue weighted by atomic mass is 9.90. The maximum Gasteiger partial charge on any atom is 0.407 e. The number of alkyl carbamates (subject to hydrolysis) is 2. The van der Waals surface area contributed by atoms with Crippen molar-refractivity contribution in [3.8, 4) is 11.5 Å². The molecule has 3 aromatic carbocycles. The summed E-state index contributed by atoms with van der Waals surface area (Å²) in [5.41, 5.74) is 2.96. The molecular weight excluding hydrogens is 710 g/mol. The van der Waals surface area contributed by atoms with E-state index in [2.05, 4.69) is 16.0 Å². The molecule has 3 aromatic rings. The fourth-order valence-electron chi connectivity index (χ4n) is 7.23. The predicted octanol–water partition coefficient (Wildman–Crippen LogP) is 5.47. The molecule has 5 atom stereocenters. The Morgan fingerprint density at radius 1 is 0.873 bits per heavy atom. The monoisotopic (exact) mass is 759 g/mol. The number of methoxy groups -OCH3 is 1. The molecule has 0 radical (unpaired) electrons. The van der Waals surface area contributed by atoms with Crippen molar-refractivity contribution < 1.29 is 52.3 Å². The zero-order chi connectivity index (χ0) is 38.6. The summed E-state index contributed by atoms with van der Waals surface area (Å²) in [5, 5.41) is 8.36. The summed E-state index contributed by atoms with van der Waals surface area (Å²) in [6, 6.07) is 24.6. The Hall–Kier alpha value is -5.34. The maximum atomic E-state index is 13.1. The van der Waals surface area contributed by atoms with E-state index in [0.29, 0.717) is 43.7 Å². The van der Waals surface area contributed by atoms with Gasteiger partial charge in [-0.1, -0.05) is 66.7 Å². The summed E-state index contributed by atoms with van der Waals surface area (Å²) in [7, 11) is 1.26. The molecule has 294 valence electrons. The second-order valence-electron chi connectivity index (χ2n) is 14.0. The minimum absolute atomic E-state index is 0.00167. The molecule has 3 aliphatic rings. The van der Waals surface area contributed by atoms with Crippen LogP contribution in [0, 0.1) is 0 Å². The highest BCUT2D eigenvalue weighted by Gasteiger charge is 2.47. The largest absolute Gasteiger partial charge is 0.467 e. The van der Waals surface area contributed by atoms with Crippen LogP contribution < -0.4 is 25.4 Å². The fourth-order valence-corrected chi connectivity index (χ4v) is 7.23. The first kappa shape index (κ1) is 39.4. The SMILES string of the molecule is COC(=O)[C@H](C)NC(=O)CCC1CC(OC(=O)NCc2ccc3c(c2)OCO3)CC2(CCCC(COC(=O)NCC(c3ccccc3)c3ccccc3)O2)O1. The quantitative estimate of drug-likeness (QED) is 0.141. The minimum Gasteiger partial charge on any atom is -0.467 e. The molecule has 3 N–H and O–H groups in total. The number of fused-ring (bicyclic) bond motifs is 1. The molecule has 0 saturated carbocycles. The minimum atomic E-state index is -1.13. The summed E-state index contributed by atoms with van der Waals surface area (Å²) in [4.78, 5) is 50.6. The summed E-state index contributed by atoms with van der Waals surface area (Å²) >= 11 is 0. The molecule has 14 heteroatoms. The second-order valence-corrected chi connectivity index (χ2v) is 14.0. The molecule has 2 saturated heterocycles. The number of benzene rings is 3. The molecule has 14 nitrogen and oxygen atoms in total. The van der Waals surface area contributed by atoms with Crippen LogP contribution in [0.1, 0.15) is 74.5 Å². The van der Waals surface area contributed by atoms with Gasteiger partial charge < -0.3 is 49.1 Å². The van der Waals surface area contributed by atoms with E-state index in [1.165, 1.54) is 7.11 Å². The fraction of sp³-hybridized carbons (Fsp3) is 0.463. The molecule has 3 heterocycles. The molecule has 3 aliphatic heterocycles. The topological polar surface area (TPSA) is 169 Å². The van der Waals surface area contributed by atoms with Crippen molar-refractivity contribution in [1.29, 1.82) is 0 Å². The van der Waals surface area contributed by atoms with Crippen LogP contribution in [0.4, 0.5) is 9.59 Å². The lowest BCUT2D eigenvalue weighted by molar-refractivity contribution is -0.329. The number of hydrogen-bond acceptors (Lipinski definition) is 11. The highest BCUT2D eigenvalue weighted by molar-refractivity contribution is 5.84. The lowest BCUT2D eigenvalue weighted by Crippen LogP contribution is -2.53. The van der Waals surface area contributed by atoms with Crippen LogP contribution in [-0.2, 0) is 39.8 Å². The van der Waals surface area contributed by atoms with Crippen LogP contribution >= 0.6 is 0 Å². The van der Waals surface area contributed by atoms with Crippen LogP contribution in [0.2, 0.25) is 0 Å². The van der Waals surface area contributed by atoms with Crippen LogP contribution in [-0.4, -0.2) is 81.3 Å². The number of carbonyl (C=O) groups excluding carboxylic acids is 4. The van der Waals surface area contributed by atoms with Crippen LogP contribution in [0.3, 0.4) is 0 Å². The molecule has 0 bridgehead atoms. The van der Waals surface area contributed by atoms with Gasteiger partial charge in [0.2, 0.25) is 12.7 Å². The van der Waals surface area contributed by atoms with Gasteiger partial charge in [-0.25, -0.2) is 14.4 Å². The van der Waals surface area contributed by atoms with E-state index in [-0.39, 0.29) is 51.0 Å². The van der Waals surface area contributed by atoms with Crippen molar-refractivity contribution in [1.82, 2.24) is 16.0 Å². The molecule has 0 aromatic heterocycles. The van der Waals surface area contributed by atoms with Crippen molar-refractivity contribution in [2.45, 2.75) is 94.5 Å². The average molecular weight is 760 g/mol. The molecule has 3 amide bonds. The number of carbonyl (C=O) groups is 4. The van der Waals surface area contributed by atoms with Gasteiger partial charge in [-0.2, -0.15) is 0 Å². The zero-order valence-corrected chi connectivity index (χ0v) is 31.2. The molecule has 6 rings (SSSR count). The molecule has 0 aliphatic carbocycles. The van der Waals surface area contributed by atoms with E-state index < -0.39 is 48.3 Å². The van der Waals surface area contributed by atoms with Crippen molar-refractivity contribution in [3.05, 3.63) is 95.6 Å². The van der Waals surface area contributed by atoms with Crippen LogP contribution in [0.5, 0.6) is 11.5 Å². The zero-order valence-electron chi connectivity index (χ0n) is 31.2. The van der Waals surface area contributed by atoms with Gasteiger partial charge in [0.05, 0.1) is 19.3 Å². The van der Waals surface area contributed by atoms with Crippen molar-refractivity contribution >= 4 is 24.1 Å². The summed E-state index contributed by atoms with van der Waals surface area (Å²) in [5.74, 6) is -0.825. The number of ether oxygens (including phenoxy) is 7. The van der Waals surface area contributed by atoms with E-state index in [9.17, 15) is 19.2 Å². The van der Waals surface area contributed by atoms with Gasteiger partial charge in [0.25, 0.3) is 0 Å². The Labute approximate surface area is 320 Å². The second kappa shape index (κ2) is 18.8. The Bertz CT molecular complexity index is 1720. The van der Waals surface area contributed by atoms with Crippen LogP contribution in [0.25, 0.3) is 0 Å². The highest BCUT2D eigenvalue weighted by atomic mass is 16.7. The van der Waals surface area contributed by atoms with Gasteiger partial charge >= 0.3 is 18.2 Å². The Balaban J connectivity index is 1.05. The molecular formula is C41H49N3O11. The van der Waals surface area contributed by atoms with Gasteiger partial charge in [0, 0.05) is 44.7 Å². The maximum absolute atomic E-state index is 13.1. The van der Waals surface area contributed by atoms with Crippen LogP contribution in [0.15, 0.2) is 78.9 Å². The number of rotatable bonds is 14. The summed E-state index contributed by atoms with van der Waals surface area (Å²) in [6.45, 7) is 2.25. The normalized spacial score (nSPS) is 22.0. The third-order valence-electron chi connectivity index (χ3n) is 9.94. The predicted molar refractivity (Wildman–Crippen MR) is 198 cm³/mol. The summed E-state index contributed by atoms with van der Waals surface area (Å²) in [6.07, 6.45) is 0.0623. The van der Waals surface area contributed by atoms with Crippen molar-refractivity contribution in [3.63, 3.8) is 0 Å². The number of esters is 1. The first-order valence-corrected chi connectivity index (χ1v) is 18.7. The standard InChI is InChI=1S/C41H49N3O11/c1-27(38(46)49-2)44-37(45)18-16-31-21-33(53-40(48)42-23-28-15-17-35-36(20-28)52-26-51-35)22-41(54-31)19-9-14-32(55-41)25-50-39(47)43-24-34(29-10-5-3-6-11-29)30-12-7-4-8-13-30/h3-8,10-13,15,17,20,27,31-34H,9,14,16,18-19,21-26H2,1-2H3,(H,42,48)(H,43,47)(H,44,45)/t27-,31?,32?,33?,41?/m0/s1. The van der Waals surface area contributed by atoms with Gasteiger partial charge in [0.15, 0.2) is 17.3 Å². The van der Waals surface area contributed by atoms with E-state index in [1.54, 1.807) is 19.1 Å². The number of amides is 3. The molecule has 4 unspecified atom stereocenters. The van der Waals surface area contributed by atoms with E-state index in [1.807, 2.05) is 66.7 Å². The average Bonchev–Trinajstić information content (AvgIpc) is 3.67. The van der Waals surface area contributed by atoms with Gasteiger partial charge in [-0.15, -0.1) is 0 Å². The first-order chi connectivity index (χ1) is 26.7.